The molecular formula is C25H30F3N3O5S. The number of nitrogens with zero attached hydrogens (tertiary/aromatic N) is 1. The van der Waals surface area contributed by atoms with Crippen LogP contribution in [0.5, 0.6) is 0 Å². The van der Waals surface area contributed by atoms with E-state index in [0.717, 1.165) is 12.1 Å². The number of rotatable bonds is 6. The molecule has 0 bridgehead atoms. The van der Waals surface area contributed by atoms with Gasteiger partial charge in [0.2, 0.25) is 15.9 Å². The Morgan fingerprint density at radius 1 is 1.00 bits per heavy atom. The number of alkyl halides is 3. The summed E-state index contributed by atoms with van der Waals surface area (Å²) in [5.41, 5.74) is -1.18. The maximum Gasteiger partial charge on any atom is 0.417 e. The number of piperidine rings is 1. The van der Waals surface area contributed by atoms with Crippen LogP contribution in [0.15, 0.2) is 53.4 Å². The average Bonchev–Trinajstić information content (AvgIpc) is 2.81. The molecule has 1 aliphatic heterocycles. The van der Waals surface area contributed by atoms with Gasteiger partial charge < -0.3 is 15.0 Å². The van der Waals surface area contributed by atoms with E-state index < -0.39 is 44.4 Å². The van der Waals surface area contributed by atoms with Gasteiger partial charge in [0.05, 0.1) is 10.5 Å². The molecule has 2 aromatic carbocycles. The molecule has 0 atom stereocenters. The summed E-state index contributed by atoms with van der Waals surface area (Å²) in [6.07, 6.45) is -5.20. The average molecular weight is 542 g/mol. The first-order valence-electron chi connectivity index (χ1n) is 11.7. The molecule has 12 heteroatoms. The largest absolute Gasteiger partial charge is 0.444 e. The Balaban J connectivity index is 1.64. The third kappa shape index (κ3) is 7.93. The van der Waals surface area contributed by atoms with E-state index in [-0.39, 0.29) is 43.9 Å². The molecule has 0 radical (unpaired) electrons. The van der Waals surface area contributed by atoms with Crippen LogP contribution in [-0.2, 0) is 25.7 Å². The second-order valence-corrected chi connectivity index (χ2v) is 11.4. The Kier molecular flexibility index (Phi) is 8.53. The van der Waals surface area contributed by atoms with Crippen LogP contribution in [0.1, 0.15) is 39.2 Å². The molecule has 1 aliphatic rings. The van der Waals surface area contributed by atoms with Crippen molar-refractivity contribution in [2.75, 3.05) is 19.6 Å². The lowest BCUT2D eigenvalue weighted by molar-refractivity contribution is -0.140. The molecule has 0 unspecified atom stereocenters. The van der Waals surface area contributed by atoms with Gasteiger partial charge in [-0.15, -0.1) is 0 Å². The fourth-order valence-electron chi connectivity index (χ4n) is 3.90. The lowest BCUT2D eigenvalue weighted by Crippen LogP contribution is -2.49. The van der Waals surface area contributed by atoms with Crippen molar-refractivity contribution in [1.29, 1.82) is 0 Å². The summed E-state index contributed by atoms with van der Waals surface area (Å²) in [5, 5.41) is 2.37. The van der Waals surface area contributed by atoms with E-state index in [2.05, 4.69) is 10.0 Å². The molecule has 8 nitrogen and oxygen atoms in total. The first-order valence-corrected chi connectivity index (χ1v) is 13.2. The van der Waals surface area contributed by atoms with E-state index in [4.69, 9.17) is 4.74 Å². The van der Waals surface area contributed by atoms with Crippen molar-refractivity contribution >= 4 is 22.0 Å². The number of nitrogens with one attached hydrogen (secondary N) is 2. The monoisotopic (exact) mass is 541 g/mol. The van der Waals surface area contributed by atoms with Gasteiger partial charge in [0, 0.05) is 19.1 Å². The van der Waals surface area contributed by atoms with Gasteiger partial charge in [-0.25, -0.2) is 17.9 Å². The molecular weight excluding hydrogens is 511 g/mol. The maximum absolute atomic E-state index is 13.8. The molecule has 1 fully saturated rings. The number of ether oxygens (including phenoxy) is 1. The van der Waals surface area contributed by atoms with Crippen molar-refractivity contribution in [3.8, 4) is 11.1 Å². The quantitative estimate of drug-likeness (QED) is 0.571. The first-order chi connectivity index (χ1) is 17.2. The number of halogens is 3. The number of benzene rings is 2. The van der Waals surface area contributed by atoms with Gasteiger partial charge in [-0.1, -0.05) is 36.4 Å². The zero-order chi connectivity index (χ0) is 27.4. The normalized spacial score (nSPS) is 15.4. The highest BCUT2D eigenvalue weighted by atomic mass is 32.2. The fraction of sp³-hybridized carbons (Fsp3) is 0.440. The van der Waals surface area contributed by atoms with Gasteiger partial charge in [-0.2, -0.15) is 13.2 Å². The van der Waals surface area contributed by atoms with Gasteiger partial charge >= 0.3 is 12.3 Å². The number of sulfonamides is 1. The van der Waals surface area contributed by atoms with Crippen LogP contribution >= 0.6 is 0 Å². The predicted octanol–water partition coefficient (Wildman–Crippen LogP) is 4.17. The van der Waals surface area contributed by atoms with Crippen molar-refractivity contribution in [3.05, 3.63) is 54.1 Å². The van der Waals surface area contributed by atoms with E-state index in [1.807, 2.05) is 0 Å². The standard InChI is InChI=1S/C25H30F3N3O5S/c1-24(2,3)36-23(33)29-16-22(32)31-13-11-19(12-14-31)30-37(34,35)21-10-9-18(15-20(21)25(26,27)28)17-7-5-4-6-8-17/h4-10,15,19,30H,11-14,16H2,1-3H3,(H,29,33). The van der Waals surface area contributed by atoms with Crippen molar-refractivity contribution in [2.24, 2.45) is 0 Å². The summed E-state index contributed by atoms with van der Waals surface area (Å²) in [5.74, 6) is -0.372. The second-order valence-electron chi connectivity index (χ2n) is 9.71. The minimum Gasteiger partial charge on any atom is -0.444 e. The van der Waals surface area contributed by atoms with Crippen LogP contribution in [0.25, 0.3) is 11.1 Å². The number of alkyl carbamates (subject to hydrolysis) is 1. The highest BCUT2D eigenvalue weighted by molar-refractivity contribution is 7.89. The molecule has 37 heavy (non-hydrogen) atoms. The van der Waals surface area contributed by atoms with Gasteiger partial charge in [-0.05, 0) is 56.9 Å². The van der Waals surface area contributed by atoms with Crippen LogP contribution in [0.4, 0.5) is 18.0 Å². The Labute approximate surface area is 214 Å². The zero-order valence-corrected chi connectivity index (χ0v) is 21.6. The van der Waals surface area contributed by atoms with Crippen molar-refractivity contribution < 1.29 is 35.9 Å². The molecule has 1 heterocycles. The van der Waals surface area contributed by atoms with Crippen molar-refractivity contribution in [1.82, 2.24) is 14.9 Å². The smallest absolute Gasteiger partial charge is 0.417 e. The van der Waals surface area contributed by atoms with Gasteiger partial charge in [0.15, 0.2) is 0 Å². The van der Waals surface area contributed by atoms with Crippen LogP contribution in [-0.4, -0.2) is 56.6 Å². The molecule has 0 aliphatic carbocycles. The van der Waals surface area contributed by atoms with Gasteiger partial charge in [-0.3, -0.25) is 4.79 Å². The summed E-state index contributed by atoms with van der Waals surface area (Å²) in [6, 6.07) is 10.9. The zero-order valence-electron chi connectivity index (χ0n) is 20.8. The highest BCUT2D eigenvalue weighted by Crippen LogP contribution is 2.37. The molecule has 2 N–H and O–H groups in total. The van der Waals surface area contributed by atoms with Crippen LogP contribution < -0.4 is 10.0 Å². The minimum absolute atomic E-state index is 0.182. The molecule has 0 saturated carbocycles. The molecule has 0 spiro atoms. The van der Waals surface area contributed by atoms with Crippen LogP contribution in [0.2, 0.25) is 0 Å². The van der Waals surface area contributed by atoms with E-state index in [0.29, 0.717) is 5.56 Å². The van der Waals surface area contributed by atoms with Crippen molar-refractivity contribution in [2.45, 2.75) is 56.3 Å². The van der Waals surface area contributed by atoms with E-state index in [1.165, 1.54) is 11.0 Å². The van der Waals surface area contributed by atoms with E-state index in [9.17, 15) is 31.2 Å². The Bertz CT molecular complexity index is 1220. The predicted molar refractivity (Wildman–Crippen MR) is 131 cm³/mol. The maximum atomic E-state index is 13.8. The molecule has 0 aromatic heterocycles. The van der Waals surface area contributed by atoms with Crippen LogP contribution in [0, 0.1) is 0 Å². The van der Waals surface area contributed by atoms with Crippen molar-refractivity contribution in [3.63, 3.8) is 0 Å². The lowest BCUT2D eigenvalue weighted by atomic mass is 10.0. The molecule has 2 amide bonds. The number of carbonyl (C=O) groups excluding carboxylic acids is 2. The Morgan fingerprint density at radius 2 is 1.62 bits per heavy atom. The molecule has 2 aromatic rings. The third-order valence-electron chi connectivity index (χ3n) is 5.63. The summed E-state index contributed by atoms with van der Waals surface area (Å²) in [7, 11) is -4.50. The number of likely N-dealkylation sites (tertiary alicyclic amines) is 1. The molecule has 202 valence electrons. The van der Waals surface area contributed by atoms with E-state index in [1.54, 1.807) is 51.1 Å². The Morgan fingerprint density at radius 3 is 2.19 bits per heavy atom. The highest BCUT2D eigenvalue weighted by Gasteiger charge is 2.38. The minimum atomic E-state index is -4.88. The van der Waals surface area contributed by atoms with Crippen LogP contribution in [0.3, 0.4) is 0 Å². The number of amides is 2. The number of hydrogen-bond acceptors (Lipinski definition) is 5. The summed E-state index contributed by atoms with van der Waals surface area (Å²) < 4.78 is 74.9. The molecule has 3 rings (SSSR count). The fourth-order valence-corrected chi connectivity index (χ4v) is 5.41. The molecule has 1 saturated heterocycles. The lowest BCUT2D eigenvalue weighted by Gasteiger charge is -2.32. The first kappa shape index (κ1) is 28.5. The third-order valence-corrected chi connectivity index (χ3v) is 7.21. The summed E-state index contributed by atoms with van der Waals surface area (Å²) >= 11 is 0. The Hall–Kier alpha value is -3.12. The second kappa shape index (κ2) is 11.1. The summed E-state index contributed by atoms with van der Waals surface area (Å²) in [6.45, 7) is 5.15. The van der Waals surface area contributed by atoms with E-state index >= 15 is 0 Å². The number of hydrogen-bond donors (Lipinski definition) is 2. The summed E-state index contributed by atoms with van der Waals surface area (Å²) in [4.78, 5) is 24.7. The van der Waals surface area contributed by atoms with Gasteiger partial charge in [0.25, 0.3) is 0 Å². The van der Waals surface area contributed by atoms with Gasteiger partial charge in [0.1, 0.15) is 12.1 Å². The topological polar surface area (TPSA) is 105 Å². The number of carbonyl (C=O) groups is 2. The SMILES string of the molecule is CC(C)(C)OC(=O)NCC(=O)N1CCC(NS(=O)(=O)c2ccc(-c3ccccc3)cc2C(F)(F)F)CC1.